The summed E-state index contributed by atoms with van der Waals surface area (Å²) in [5.41, 5.74) is 6.40. The second-order valence-corrected chi connectivity index (χ2v) is 6.33. The van der Waals surface area contributed by atoms with Gasteiger partial charge in [0, 0.05) is 24.4 Å². The van der Waals surface area contributed by atoms with Crippen LogP contribution in [0.15, 0.2) is 24.3 Å². The Bertz CT molecular complexity index is 542. The molecule has 0 radical (unpaired) electrons. The first-order chi connectivity index (χ1) is 11.6. The molecule has 5 nitrogen and oxygen atoms in total. The first-order valence-corrected chi connectivity index (χ1v) is 8.89. The number of benzene rings is 1. The van der Waals surface area contributed by atoms with E-state index in [-0.39, 0.29) is 30.6 Å². The van der Waals surface area contributed by atoms with Gasteiger partial charge in [0.15, 0.2) is 5.78 Å². The topological polar surface area (TPSA) is 81.4 Å². The van der Waals surface area contributed by atoms with Gasteiger partial charge in [0.25, 0.3) is 0 Å². The number of rotatable bonds is 8. The van der Waals surface area contributed by atoms with E-state index in [1.807, 2.05) is 6.92 Å². The Morgan fingerprint density at radius 2 is 1.88 bits per heavy atom. The van der Waals surface area contributed by atoms with Gasteiger partial charge < -0.3 is 15.8 Å². The van der Waals surface area contributed by atoms with Crippen molar-refractivity contribution >= 4 is 11.7 Å². The number of carbonyl (C=O) groups excluding carboxylic acids is 2. The van der Waals surface area contributed by atoms with Crippen LogP contribution in [0.1, 0.15) is 55.8 Å². The number of nitrogens with two attached hydrogens (primary N) is 1. The van der Waals surface area contributed by atoms with E-state index in [0.717, 1.165) is 25.0 Å². The molecule has 5 heteroatoms. The minimum Gasteiger partial charge on any atom is -0.494 e. The first-order valence-electron chi connectivity index (χ1n) is 8.89. The second-order valence-electron chi connectivity index (χ2n) is 6.33. The van der Waals surface area contributed by atoms with E-state index >= 15 is 0 Å². The zero-order valence-corrected chi connectivity index (χ0v) is 14.4. The van der Waals surface area contributed by atoms with Crippen molar-refractivity contribution in [1.29, 1.82) is 0 Å². The first kappa shape index (κ1) is 18.5. The van der Waals surface area contributed by atoms with Crippen LogP contribution in [0.25, 0.3) is 0 Å². The number of Topliss-reactive ketones (excluding diaryl/α,β-unsaturated/α-hetero) is 1. The van der Waals surface area contributed by atoms with Crippen molar-refractivity contribution in [1.82, 2.24) is 5.32 Å². The number of carbonyl (C=O) groups is 2. The molecule has 3 N–H and O–H groups in total. The van der Waals surface area contributed by atoms with Gasteiger partial charge in [-0.2, -0.15) is 0 Å². The zero-order chi connectivity index (χ0) is 17.4. The number of hydrogen-bond donors (Lipinski definition) is 2. The quantitative estimate of drug-likeness (QED) is 0.717. The Hall–Kier alpha value is -1.88. The molecule has 1 aromatic rings. The van der Waals surface area contributed by atoms with Gasteiger partial charge >= 0.3 is 0 Å². The highest BCUT2D eigenvalue weighted by atomic mass is 16.5. The van der Waals surface area contributed by atoms with Gasteiger partial charge in [0.2, 0.25) is 5.91 Å². The molecule has 1 aliphatic carbocycles. The number of ketones is 1. The van der Waals surface area contributed by atoms with Crippen molar-refractivity contribution in [3.8, 4) is 5.75 Å². The van der Waals surface area contributed by atoms with Gasteiger partial charge in [-0.3, -0.25) is 9.59 Å². The molecule has 1 fully saturated rings. The SMILES string of the molecule is CCOc1ccc(C(=O)CCC(=O)NC2CCCCC2CN)cc1. The van der Waals surface area contributed by atoms with Crippen LogP contribution in [0, 0.1) is 5.92 Å². The van der Waals surface area contributed by atoms with Crippen LogP contribution in [0.3, 0.4) is 0 Å². The van der Waals surface area contributed by atoms with Crippen molar-refractivity contribution < 1.29 is 14.3 Å². The number of ether oxygens (including phenoxy) is 1. The normalized spacial score (nSPS) is 20.4. The average molecular weight is 332 g/mol. The van der Waals surface area contributed by atoms with Crippen molar-refractivity contribution in [2.45, 2.75) is 51.5 Å². The Morgan fingerprint density at radius 1 is 1.17 bits per heavy atom. The molecule has 1 aromatic carbocycles. The fourth-order valence-corrected chi connectivity index (χ4v) is 3.23. The lowest BCUT2D eigenvalue weighted by molar-refractivity contribution is -0.122. The van der Waals surface area contributed by atoms with Gasteiger partial charge in [0.1, 0.15) is 5.75 Å². The summed E-state index contributed by atoms with van der Waals surface area (Å²) in [5.74, 6) is 1.04. The average Bonchev–Trinajstić information content (AvgIpc) is 2.61. The maximum Gasteiger partial charge on any atom is 0.220 e. The Kier molecular flexibility index (Phi) is 7.25. The van der Waals surface area contributed by atoms with Crippen molar-refractivity contribution in [2.24, 2.45) is 11.7 Å². The second kappa shape index (κ2) is 9.42. The molecule has 0 spiro atoms. The highest BCUT2D eigenvalue weighted by Crippen LogP contribution is 2.23. The molecule has 24 heavy (non-hydrogen) atoms. The lowest BCUT2D eigenvalue weighted by Gasteiger charge is -2.31. The van der Waals surface area contributed by atoms with E-state index in [4.69, 9.17) is 10.5 Å². The summed E-state index contributed by atoms with van der Waals surface area (Å²) in [6.45, 7) is 3.12. The van der Waals surface area contributed by atoms with Crippen LogP contribution in [0.5, 0.6) is 5.75 Å². The summed E-state index contributed by atoms with van der Waals surface area (Å²) in [5, 5.41) is 3.06. The van der Waals surface area contributed by atoms with E-state index < -0.39 is 0 Å². The maximum atomic E-state index is 12.2. The van der Waals surface area contributed by atoms with Crippen LogP contribution in [0.4, 0.5) is 0 Å². The molecule has 1 saturated carbocycles. The molecule has 0 bridgehead atoms. The summed E-state index contributed by atoms with van der Waals surface area (Å²) >= 11 is 0. The molecule has 132 valence electrons. The number of amides is 1. The van der Waals surface area contributed by atoms with Crippen molar-refractivity contribution in [3.05, 3.63) is 29.8 Å². The Balaban J connectivity index is 1.79. The van der Waals surface area contributed by atoms with Crippen LogP contribution < -0.4 is 15.8 Å². The van der Waals surface area contributed by atoms with Crippen LogP contribution in [-0.2, 0) is 4.79 Å². The molecule has 0 aromatic heterocycles. The van der Waals surface area contributed by atoms with Gasteiger partial charge in [-0.15, -0.1) is 0 Å². The summed E-state index contributed by atoms with van der Waals surface area (Å²) < 4.78 is 5.36. The zero-order valence-electron chi connectivity index (χ0n) is 14.4. The lowest BCUT2D eigenvalue weighted by Crippen LogP contribution is -2.44. The van der Waals surface area contributed by atoms with E-state index in [2.05, 4.69) is 5.32 Å². The molecule has 0 aliphatic heterocycles. The fraction of sp³-hybridized carbons (Fsp3) is 0.579. The molecular formula is C19H28N2O3. The van der Waals surface area contributed by atoms with Crippen molar-refractivity contribution in [2.75, 3.05) is 13.2 Å². The molecular weight excluding hydrogens is 304 g/mol. The lowest BCUT2D eigenvalue weighted by atomic mass is 9.84. The molecule has 2 unspecified atom stereocenters. The van der Waals surface area contributed by atoms with E-state index in [1.54, 1.807) is 24.3 Å². The maximum absolute atomic E-state index is 12.2. The standard InChI is InChI=1S/C19H28N2O3/c1-2-24-16-9-7-14(8-10-16)18(22)11-12-19(23)21-17-6-4-3-5-15(17)13-20/h7-10,15,17H,2-6,11-13,20H2,1H3,(H,21,23). The monoisotopic (exact) mass is 332 g/mol. The van der Waals surface area contributed by atoms with Gasteiger partial charge in [-0.25, -0.2) is 0 Å². The third-order valence-electron chi connectivity index (χ3n) is 4.62. The summed E-state index contributed by atoms with van der Waals surface area (Å²) in [4.78, 5) is 24.3. The molecule has 2 atom stereocenters. The number of nitrogens with one attached hydrogen (secondary N) is 1. The third kappa shape index (κ3) is 5.34. The molecule has 0 heterocycles. The molecule has 0 saturated heterocycles. The minimum atomic E-state index is -0.0559. The van der Waals surface area contributed by atoms with Crippen LogP contribution in [0.2, 0.25) is 0 Å². The van der Waals surface area contributed by atoms with E-state index in [1.165, 1.54) is 6.42 Å². The van der Waals surface area contributed by atoms with E-state index in [9.17, 15) is 9.59 Å². The molecule has 1 amide bonds. The predicted octanol–water partition coefficient (Wildman–Crippen LogP) is 2.68. The van der Waals surface area contributed by atoms with Crippen LogP contribution in [-0.4, -0.2) is 30.9 Å². The smallest absolute Gasteiger partial charge is 0.220 e. The fourth-order valence-electron chi connectivity index (χ4n) is 3.23. The summed E-state index contributed by atoms with van der Waals surface area (Å²) in [6, 6.07) is 7.22. The summed E-state index contributed by atoms with van der Waals surface area (Å²) in [7, 11) is 0. The minimum absolute atomic E-state index is 0.0211. The Labute approximate surface area is 143 Å². The van der Waals surface area contributed by atoms with Gasteiger partial charge in [0.05, 0.1) is 6.61 Å². The Morgan fingerprint density at radius 3 is 2.54 bits per heavy atom. The van der Waals surface area contributed by atoms with Crippen LogP contribution >= 0.6 is 0 Å². The third-order valence-corrected chi connectivity index (χ3v) is 4.62. The highest BCUT2D eigenvalue weighted by molar-refractivity contribution is 5.98. The number of hydrogen-bond acceptors (Lipinski definition) is 4. The van der Waals surface area contributed by atoms with Gasteiger partial charge in [-0.1, -0.05) is 12.8 Å². The van der Waals surface area contributed by atoms with Gasteiger partial charge in [-0.05, 0) is 56.5 Å². The molecule has 1 aliphatic rings. The van der Waals surface area contributed by atoms with Crippen molar-refractivity contribution in [3.63, 3.8) is 0 Å². The summed E-state index contributed by atoms with van der Waals surface area (Å²) in [6.07, 6.45) is 4.82. The predicted molar refractivity (Wildman–Crippen MR) is 94.1 cm³/mol. The largest absolute Gasteiger partial charge is 0.494 e. The van der Waals surface area contributed by atoms with E-state index in [0.29, 0.717) is 24.6 Å². The highest BCUT2D eigenvalue weighted by Gasteiger charge is 2.25. The molecule has 2 rings (SSSR count).